The zero-order valence-electron chi connectivity index (χ0n) is 13.3. The predicted octanol–water partition coefficient (Wildman–Crippen LogP) is 6.64. The van der Waals surface area contributed by atoms with Crippen LogP contribution in [0.3, 0.4) is 0 Å². The van der Waals surface area contributed by atoms with Crippen molar-refractivity contribution < 1.29 is 4.39 Å². The topological polar surface area (TPSA) is 0 Å². The summed E-state index contributed by atoms with van der Waals surface area (Å²) in [5, 5.41) is 0.268. The first-order valence-electron chi connectivity index (χ1n) is 8.01. The fourth-order valence-electron chi connectivity index (χ4n) is 3.35. The molecule has 1 saturated carbocycles. The van der Waals surface area contributed by atoms with Gasteiger partial charge in [0.15, 0.2) is 0 Å². The second kappa shape index (κ2) is 7.43. The Kier molecular flexibility index (Phi) is 5.53. The Morgan fingerprint density at radius 2 is 1.83 bits per heavy atom. The van der Waals surface area contributed by atoms with Gasteiger partial charge in [0.2, 0.25) is 0 Å². The average molecular weight is 443 g/mol. The third-order valence-electron chi connectivity index (χ3n) is 4.68. The molecule has 23 heavy (non-hydrogen) atoms. The Labute approximate surface area is 152 Å². The maximum absolute atomic E-state index is 14.7. The Hall–Kier alpha value is -0.740. The molecule has 1 aliphatic carbocycles. The molecule has 3 rings (SSSR count). The van der Waals surface area contributed by atoms with E-state index in [1.165, 1.54) is 9.13 Å². The Balaban J connectivity index is 1.92. The van der Waals surface area contributed by atoms with E-state index in [-0.39, 0.29) is 31.9 Å². The molecule has 2 aromatic rings. The molecule has 0 aliphatic heterocycles. The van der Waals surface area contributed by atoms with Crippen LogP contribution in [-0.4, -0.2) is 9.89 Å². The molecule has 0 N–H and O–H groups in total. The zero-order chi connectivity index (χ0) is 16.4. The number of rotatable bonds is 3. The van der Waals surface area contributed by atoms with Crippen molar-refractivity contribution in [1.82, 2.24) is 0 Å². The van der Waals surface area contributed by atoms with E-state index < -0.39 is 0 Å². The highest BCUT2D eigenvalue weighted by Crippen LogP contribution is 2.37. The maximum Gasteiger partial charge on any atom is 0.127 e. The van der Waals surface area contributed by atoms with Gasteiger partial charge >= 0.3 is 0 Å². The lowest BCUT2D eigenvalue weighted by atomic mass is 9.83. The highest BCUT2D eigenvalue weighted by molar-refractivity contribution is 14.2. The third-order valence-corrected chi connectivity index (χ3v) is 6.83. The fraction of sp³-hybridized carbons (Fsp3) is 0.350. The van der Waals surface area contributed by atoms with Crippen LogP contribution in [0.25, 0.3) is 11.1 Å². The molecule has 0 spiro atoms. The molecule has 2 aromatic carbocycles. The maximum atomic E-state index is 14.7. The van der Waals surface area contributed by atoms with E-state index in [2.05, 4.69) is 35.7 Å². The Bertz CT molecular complexity index is 718. The lowest BCUT2D eigenvalue weighted by Gasteiger charge is -2.25. The molecule has 1 aliphatic rings. The summed E-state index contributed by atoms with van der Waals surface area (Å²) in [5.41, 5.74) is 4.20. The summed E-state index contributed by atoms with van der Waals surface area (Å²) in [4.78, 5) is 0. The molecule has 0 radical (unpaired) electrons. The van der Waals surface area contributed by atoms with E-state index in [1.54, 1.807) is 6.07 Å². The minimum absolute atomic E-state index is 0.0747. The zero-order valence-corrected chi connectivity index (χ0v) is 16.2. The van der Waals surface area contributed by atoms with E-state index >= 15 is 0 Å². The number of aryl methyl sites for hydroxylation is 1. The molecule has 0 saturated heterocycles. The van der Waals surface area contributed by atoms with Gasteiger partial charge in [0, 0.05) is 8.95 Å². The quantitative estimate of drug-likeness (QED) is 0.369. The number of hydrogen-bond acceptors (Lipinski definition) is 0. The first-order valence-corrected chi connectivity index (χ1v) is 11.1. The van der Waals surface area contributed by atoms with Crippen molar-refractivity contribution >= 4 is 36.8 Å². The van der Waals surface area contributed by atoms with Gasteiger partial charge in [-0.15, -0.1) is 11.6 Å². The van der Waals surface area contributed by atoms with Gasteiger partial charge in [0.25, 0.3) is 0 Å². The summed E-state index contributed by atoms with van der Waals surface area (Å²) in [7, 11) is 0. The monoisotopic (exact) mass is 442 g/mol. The molecule has 0 atom stereocenters. The van der Waals surface area contributed by atoms with Gasteiger partial charge in [-0.05, 0) is 67.3 Å². The van der Waals surface area contributed by atoms with Crippen molar-refractivity contribution in [3.63, 3.8) is 0 Å². The molecule has 0 aromatic heterocycles. The van der Waals surface area contributed by atoms with Gasteiger partial charge in [-0.1, -0.05) is 55.1 Å². The van der Waals surface area contributed by atoms with Crippen LogP contribution in [0.2, 0.25) is 0 Å². The predicted molar refractivity (Wildman–Crippen MR) is 107 cm³/mol. The fourth-order valence-corrected chi connectivity index (χ4v) is 5.22. The Morgan fingerprint density at radius 1 is 1.09 bits per heavy atom. The average Bonchev–Trinajstić information content (AvgIpc) is 2.55. The standard InChI is InChI=1S/C20H21ClFI/c1-13-3-9-18(20(11-13)23-2)15-6-10-17(19(22)12-15)14-4-7-16(21)8-5-14/h3,6,9-12,14,16H,2,4-5,7-8H2,1H3. The smallest absolute Gasteiger partial charge is 0.127 e. The van der Waals surface area contributed by atoms with Crippen LogP contribution in [0.15, 0.2) is 36.4 Å². The largest absolute Gasteiger partial charge is 0.207 e. The summed E-state index contributed by atoms with van der Waals surface area (Å²) in [5.74, 6) is 0.242. The molecule has 0 unspecified atom stereocenters. The summed E-state index contributed by atoms with van der Waals surface area (Å²) in [6.45, 7) is 2.09. The number of hydrogen-bond donors (Lipinski definition) is 0. The molecule has 0 heterocycles. The summed E-state index contributed by atoms with van der Waals surface area (Å²) < 4.78 is 20.1. The van der Waals surface area contributed by atoms with Gasteiger partial charge in [-0.2, -0.15) is 0 Å². The van der Waals surface area contributed by atoms with E-state index in [9.17, 15) is 4.39 Å². The van der Waals surface area contributed by atoms with Crippen LogP contribution in [0, 0.1) is 16.3 Å². The van der Waals surface area contributed by atoms with Crippen LogP contribution in [-0.2, 0) is 0 Å². The van der Waals surface area contributed by atoms with E-state index in [0.717, 1.165) is 42.4 Å². The van der Waals surface area contributed by atoms with Crippen molar-refractivity contribution in [1.29, 1.82) is 0 Å². The number of halogens is 3. The number of benzene rings is 2. The van der Waals surface area contributed by atoms with Crippen molar-refractivity contribution in [2.24, 2.45) is 0 Å². The number of alkyl halides is 1. The molecule has 3 heteroatoms. The molecule has 0 nitrogen and oxygen atoms in total. The van der Waals surface area contributed by atoms with Gasteiger partial charge in [0.05, 0.1) is 0 Å². The van der Waals surface area contributed by atoms with E-state index in [4.69, 9.17) is 11.6 Å². The third kappa shape index (κ3) is 3.85. The minimum atomic E-state index is -0.278. The molecule has 122 valence electrons. The lowest BCUT2D eigenvalue weighted by molar-refractivity contribution is 0.434. The van der Waals surface area contributed by atoms with Crippen molar-refractivity contribution in [2.75, 3.05) is 0 Å². The minimum Gasteiger partial charge on any atom is -0.207 e. The van der Waals surface area contributed by atoms with Crippen LogP contribution in [0.5, 0.6) is 0 Å². The van der Waals surface area contributed by atoms with E-state index in [1.807, 2.05) is 6.07 Å². The summed E-state index contributed by atoms with van der Waals surface area (Å²) in [6, 6.07) is 12.1. The van der Waals surface area contributed by atoms with Crippen molar-refractivity contribution in [2.45, 2.75) is 43.9 Å². The normalized spacial score (nSPS) is 21.3. The highest BCUT2D eigenvalue weighted by Gasteiger charge is 2.23. The summed E-state index contributed by atoms with van der Waals surface area (Å²) >= 11 is 5.89. The van der Waals surface area contributed by atoms with Crippen LogP contribution in [0.1, 0.15) is 42.7 Å². The van der Waals surface area contributed by atoms with Gasteiger partial charge in [0.1, 0.15) is 5.82 Å². The SMILES string of the molecule is C=Ic1cc(C)ccc1-c1ccc(C2CCC(Cl)CC2)c(F)c1. The molecule has 0 bridgehead atoms. The van der Waals surface area contributed by atoms with Crippen molar-refractivity contribution in [3.05, 3.63) is 56.9 Å². The van der Waals surface area contributed by atoms with Crippen LogP contribution in [0.4, 0.5) is 4.39 Å². The molecule has 1 fully saturated rings. The first-order chi connectivity index (χ1) is 11.1. The first kappa shape index (κ1) is 17.1. The second-order valence-electron chi connectivity index (χ2n) is 6.30. The highest BCUT2D eigenvalue weighted by atomic mass is 127. The Morgan fingerprint density at radius 3 is 2.48 bits per heavy atom. The van der Waals surface area contributed by atoms with Gasteiger partial charge < -0.3 is 0 Å². The van der Waals surface area contributed by atoms with E-state index in [0.29, 0.717) is 5.92 Å². The molecular formula is C20H21ClFI. The lowest BCUT2D eigenvalue weighted by Crippen LogP contribution is -2.14. The summed E-state index contributed by atoms with van der Waals surface area (Å²) in [6.07, 6.45) is 3.96. The van der Waals surface area contributed by atoms with Gasteiger partial charge in [-0.3, -0.25) is 0 Å². The molecular weight excluding hydrogens is 422 g/mol. The van der Waals surface area contributed by atoms with Gasteiger partial charge in [-0.25, -0.2) is 4.39 Å². The second-order valence-corrected chi connectivity index (χ2v) is 8.84. The van der Waals surface area contributed by atoms with Crippen LogP contribution >= 0.6 is 32.3 Å². The van der Waals surface area contributed by atoms with Crippen molar-refractivity contribution in [3.8, 4) is 11.1 Å². The van der Waals surface area contributed by atoms with Crippen LogP contribution < -0.4 is 0 Å². The molecule has 0 amide bonds.